The summed E-state index contributed by atoms with van der Waals surface area (Å²) in [6, 6.07) is 16.5. The highest BCUT2D eigenvalue weighted by atomic mass is 19.1. The number of hydrogen-bond acceptors (Lipinski definition) is 4. The smallest absolute Gasteiger partial charge is 0.165 e. The van der Waals surface area contributed by atoms with Gasteiger partial charge in [-0.05, 0) is 55.5 Å². The lowest BCUT2D eigenvalue weighted by atomic mass is 9.74. The normalized spacial score (nSPS) is 12.8. The largest absolute Gasteiger partial charge is 0.454 e. The Morgan fingerprint density at radius 3 is 2.60 bits per heavy atom. The monoisotopic (exact) mass is 406 g/mol. The van der Waals surface area contributed by atoms with Gasteiger partial charge in [-0.25, -0.2) is 9.37 Å². The first-order valence-corrected chi connectivity index (χ1v) is 10.4. The van der Waals surface area contributed by atoms with Crippen LogP contribution in [0.2, 0.25) is 0 Å². The molecule has 5 nitrogen and oxygen atoms in total. The van der Waals surface area contributed by atoms with Crippen LogP contribution in [0, 0.1) is 17.1 Å². The van der Waals surface area contributed by atoms with Crippen molar-refractivity contribution in [2.24, 2.45) is 0 Å². The van der Waals surface area contributed by atoms with Gasteiger partial charge in [-0.1, -0.05) is 44.0 Å². The molecule has 1 aromatic heterocycles. The highest BCUT2D eigenvalue weighted by Crippen LogP contribution is 2.38. The minimum Gasteiger partial charge on any atom is -0.454 e. The summed E-state index contributed by atoms with van der Waals surface area (Å²) in [5, 5.41) is 14.3. The molecular formula is C24H27FN4O. The van der Waals surface area contributed by atoms with Gasteiger partial charge in [-0.15, -0.1) is 0 Å². The second-order valence-electron chi connectivity index (χ2n) is 7.47. The molecule has 0 spiro atoms. The third kappa shape index (κ3) is 5.44. The van der Waals surface area contributed by atoms with E-state index in [9.17, 15) is 9.65 Å². The summed E-state index contributed by atoms with van der Waals surface area (Å²) < 4.78 is 22.0. The van der Waals surface area contributed by atoms with Crippen LogP contribution in [0.4, 0.5) is 4.39 Å². The van der Waals surface area contributed by atoms with Crippen molar-refractivity contribution in [2.45, 2.75) is 57.4 Å². The molecule has 3 rings (SSSR count). The van der Waals surface area contributed by atoms with Crippen molar-refractivity contribution in [1.82, 2.24) is 14.8 Å². The van der Waals surface area contributed by atoms with Crippen LogP contribution in [0.5, 0.6) is 11.5 Å². The predicted octanol–water partition coefficient (Wildman–Crippen LogP) is 6.03. The summed E-state index contributed by atoms with van der Waals surface area (Å²) in [5.74, 6) is 0.283. The summed E-state index contributed by atoms with van der Waals surface area (Å²) in [4.78, 5) is 3.96. The number of hydrogen-bond donors (Lipinski definition) is 0. The number of halogens is 1. The zero-order valence-corrected chi connectivity index (χ0v) is 17.3. The first-order chi connectivity index (χ1) is 14.7. The molecular weight excluding hydrogens is 379 g/mol. The van der Waals surface area contributed by atoms with E-state index in [2.05, 4.69) is 23.1 Å². The Hall–Kier alpha value is -3.20. The fraction of sp³-hybridized carbons (Fsp3) is 0.375. The van der Waals surface area contributed by atoms with Crippen LogP contribution in [-0.4, -0.2) is 14.8 Å². The molecule has 0 aliphatic carbocycles. The van der Waals surface area contributed by atoms with Crippen molar-refractivity contribution in [3.05, 3.63) is 72.6 Å². The van der Waals surface area contributed by atoms with Gasteiger partial charge < -0.3 is 4.74 Å². The number of aryl methyl sites for hydroxylation is 1. The van der Waals surface area contributed by atoms with E-state index >= 15 is 0 Å². The van der Waals surface area contributed by atoms with E-state index in [4.69, 9.17) is 4.74 Å². The van der Waals surface area contributed by atoms with Crippen LogP contribution >= 0.6 is 0 Å². The average Bonchev–Trinajstić information content (AvgIpc) is 3.29. The van der Waals surface area contributed by atoms with Crippen LogP contribution in [0.1, 0.15) is 51.0 Å². The molecule has 1 unspecified atom stereocenters. The Bertz CT molecular complexity index is 953. The van der Waals surface area contributed by atoms with Gasteiger partial charge in [0.25, 0.3) is 0 Å². The average molecular weight is 407 g/mol. The van der Waals surface area contributed by atoms with Gasteiger partial charge in [0.2, 0.25) is 0 Å². The maximum absolute atomic E-state index is 14.4. The van der Waals surface area contributed by atoms with Gasteiger partial charge in [0.15, 0.2) is 11.6 Å². The second kappa shape index (κ2) is 10.5. The number of para-hydroxylation sites is 1. The van der Waals surface area contributed by atoms with Gasteiger partial charge in [-0.2, -0.15) is 10.4 Å². The molecule has 0 saturated heterocycles. The molecule has 0 fully saturated rings. The zero-order valence-electron chi connectivity index (χ0n) is 17.3. The van der Waals surface area contributed by atoms with E-state index in [0.717, 1.165) is 44.2 Å². The molecule has 1 heterocycles. The van der Waals surface area contributed by atoms with Crippen LogP contribution in [0.25, 0.3) is 0 Å². The lowest BCUT2D eigenvalue weighted by Crippen LogP contribution is -2.24. The highest BCUT2D eigenvalue weighted by Gasteiger charge is 2.32. The maximum atomic E-state index is 14.4. The first kappa shape index (κ1) is 21.5. The molecule has 6 heteroatoms. The molecule has 0 N–H and O–H groups in total. The van der Waals surface area contributed by atoms with Crippen molar-refractivity contribution in [3.8, 4) is 17.6 Å². The lowest BCUT2D eigenvalue weighted by molar-refractivity contribution is 0.406. The summed E-state index contributed by atoms with van der Waals surface area (Å²) in [6.07, 6.45) is 8.35. The maximum Gasteiger partial charge on any atom is 0.165 e. The molecule has 30 heavy (non-hydrogen) atoms. The number of nitriles is 1. The van der Waals surface area contributed by atoms with Crippen molar-refractivity contribution >= 4 is 0 Å². The zero-order chi connectivity index (χ0) is 21.2. The fourth-order valence-corrected chi connectivity index (χ4v) is 3.61. The molecule has 0 radical (unpaired) electrons. The molecule has 156 valence electrons. The highest BCUT2D eigenvalue weighted by molar-refractivity contribution is 5.41. The Morgan fingerprint density at radius 1 is 1.10 bits per heavy atom. The van der Waals surface area contributed by atoms with E-state index in [1.165, 1.54) is 12.4 Å². The Labute approximate surface area is 177 Å². The number of rotatable bonds is 11. The molecule has 2 aromatic carbocycles. The number of unbranched alkanes of at least 4 members (excludes halogenated alkanes) is 2. The van der Waals surface area contributed by atoms with Gasteiger partial charge >= 0.3 is 0 Å². The van der Waals surface area contributed by atoms with E-state index in [-0.39, 0.29) is 5.75 Å². The minimum absolute atomic E-state index is 0.150. The van der Waals surface area contributed by atoms with Crippen molar-refractivity contribution in [3.63, 3.8) is 0 Å². The lowest BCUT2D eigenvalue weighted by Gasteiger charge is -2.28. The summed E-state index contributed by atoms with van der Waals surface area (Å²) in [6.45, 7) is 2.88. The number of benzene rings is 2. The van der Waals surface area contributed by atoms with E-state index < -0.39 is 11.2 Å². The predicted molar refractivity (Wildman–Crippen MR) is 114 cm³/mol. The van der Waals surface area contributed by atoms with Crippen LogP contribution in [-0.2, 0) is 12.0 Å². The quantitative estimate of drug-likeness (QED) is 0.365. The second-order valence-corrected chi connectivity index (χ2v) is 7.47. The minimum atomic E-state index is -0.666. The van der Waals surface area contributed by atoms with Crippen LogP contribution in [0.15, 0.2) is 61.2 Å². The van der Waals surface area contributed by atoms with Crippen molar-refractivity contribution in [2.75, 3.05) is 0 Å². The number of aromatic nitrogens is 3. The molecule has 3 aromatic rings. The molecule has 0 aliphatic heterocycles. The fourth-order valence-electron chi connectivity index (χ4n) is 3.61. The van der Waals surface area contributed by atoms with Crippen LogP contribution < -0.4 is 4.74 Å². The third-order valence-corrected chi connectivity index (χ3v) is 5.33. The number of ether oxygens (including phenoxy) is 1. The molecule has 0 aliphatic rings. The first-order valence-electron chi connectivity index (χ1n) is 10.4. The summed E-state index contributed by atoms with van der Waals surface area (Å²) in [7, 11) is 0. The van der Waals surface area contributed by atoms with Crippen molar-refractivity contribution in [1.29, 1.82) is 5.26 Å². The van der Waals surface area contributed by atoms with E-state index in [1.54, 1.807) is 35.3 Å². The molecule has 0 bridgehead atoms. The third-order valence-electron chi connectivity index (χ3n) is 5.33. The number of nitrogens with zero attached hydrogens (tertiary/aromatic N) is 4. The topological polar surface area (TPSA) is 63.7 Å². The van der Waals surface area contributed by atoms with Gasteiger partial charge in [0.1, 0.15) is 18.4 Å². The van der Waals surface area contributed by atoms with Gasteiger partial charge in [0.05, 0.1) is 11.5 Å². The van der Waals surface area contributed by atoms with Crippen molar-refractivity contribution < 1.29 is 9.13 Å². The summed E-state index contributed by atoms with van der Waals surface area (Å²) >= 11 is 0. The molecule has 0 saturated carbocycles. The van der Waals surface area contributed by atoms with Gasteiger partial charge in [-0.3, -0.25) is 4.68 Å². The Balaban J connectivity index is 1.79. The standard InChI is InChI=1S/C24H27FN4O/c1-2-3-13-24(17-26,14-7-8-15-29-19-27-18-28-29)20-11-12-22(25)23(16-20)30-21-9-5-4-6-10-21/h4-6,9-12,16,18-19H,2-3,7-8,13-15H2,1H3. The molecule has 1 atom stereocenters. The Morgan fingerprint density at radius 2 is 1.90 bits per heavy atom. The van der Waals surface area contributed by atoms with E-state index in [0.29, 0.717) is 12.2 Å². The van der Waals surface area contributed by atoms with Crippen LogP contribution in [0.3, 0.4) is 0 Å². The van der Waals surface area contributed by atoms with Gasteiger partial charge in [0, 0.05) is 6.54 Å². The Kier molecular flexibility index (Phi) is 7.56. The SMILES string of the molecule is CCCCC(C#N)(CCCCn1cncn1)c1ccc(F)c(Oc2ccccc2)c1. The summed E-state index contributed by atoms with van der Waals surface area (Å²) in [5.41, 5.74) is 0.146. The van der Waals surface area contributed by atoms with E-state index in [1.807, 2.05) is 18.2 Å². The molecule has 0 amide bonds.